The van der Waals surface area contributed by atoms with E-state index in [0.717, 1.165) is 22.7 Å². The number of hydrazone groups is 1. The van der Waals surface area contributed by atoms with Crippen LogP contribution in [-0.4, -0.2) is 18.2 Å². The molecule has 2 aromatic carbocycles. The number of ether oxygens (including phenoxy) is 1. The molecule has 0 bridgehead atoms. The molecule has 1 atom stereocenters. The first kappa shape index (κ1) is 12.1. The molecule has 2 heterocycles. The van der Waals surface area contributed by atoms with E-state index in [1.54, 1.807) is 0 Å². The maximum absolute atomic E-state index is 12.3. The van der Waals surface area contributed by atoms with Crippen molar-refractivity contribution >= 4 is 17.3 Å². The Balaban J connectivity index is 1.82. The van der Waals surface area contributed by atoms with Crippen LogP contribution in [0.2, 0.25) is 0 Å². The zero-order valence-corrected chi connectivity index (χ0v) is 11.4. The van der Waals surface area contributed by atoms with Crippen LogP contribution in [0.15, 0.2) is 59.7 Å². The highest BCUT2D eigenvalue weighted by atomic mass is 16.5. The number of rotatable bonds is 1. The molecule has 2 aromatic rings. The van der Waals surface area contributed by atoms with Crippen molar-refractivity contribution in [1.82, 2.24) is 0 Å². The second-order valence-corrected chi connectivity index (χ2v) is 5.23. The van der Waals surface area contributed by atoms with Gasteiger partial charge in [-0.2, -0.15) is 5.10 Å². The summed E-state index contributed by atoms with van der Waals surface area (Å²) in [4.78, 5) is 12.3. The van der Waals surface area contributed by atoms with Crippen molar-refractivity contribution in [3.05, 3.63) is 60.2 Å². The van der Waals surface area contributed by atoms with Gasteiger partial charge < -0.3 is 4.74 Å². The van der Waals surface area contributed by atoms with E-state index in [0.29, 0.717) is 13.0 Å². The van der Waals surface area contributed by atoms with E-state index in [1.807, 2.05) is 54.6 Å². The normalized spacial score (nSPS) is 20.2. The van der Waals surface area contributed by atoms with Gasteiger partial charge in [-0.25, -0.2) is 5.01 Å². The van der Waals surface area contributed by atoms with Gasteiger partial charge >= 0.3 is 0 Å². The van der Waals surface area contributed by atoms with Crippen LogP contribution in [0.4, 0.5) is 5.69 Å². The summed E-state index contributed by atoms with van der Waals surface area (Å²) < 4.78 is 5.73. The van der Waals surface area contributed by atoms with Crippen LogP contribution in [0.3, 0.4) is 0 Å². The molecule has 0 saturated carbocycles. The minimum atomic E-state index is 0.0120. The molecule has 1 amide bonds. The predicted molar refractivity (Wildman–Crippen MR) is 80.5 cm³/mol. The van der Waals surface area contributed by atoms with Gasteiger partial charge in [-0.3, -0.25) is 4.79 Å². The molecule has 0 radical (unpaired) electrons. The summed E-state index contributed by atoms with van der Waals surface area (Å²) in [5.41, 5.74) is 2.74. The highest BCUT2D eigenvalue weighted by molar-refractivity contribution is 6.12. The number of anilines is 1. The molecule has 2 aliphatic rings. The third-order valence-electron chi connectivity index (χ3n) is 3.86. The average molecular weight is 278 g/mol. The van der Waals surface area contributed by atoms with Crippen LogP contribution < -0.4 is 9.75 Å². The van der Waals surface area contributed by atoms with Crippen molar-refractivity contribution in [2.45, 2.75) is 6.42 Å². The van der Waals surface area contributed by atoms with Crippen molar-refractivity contribution in [1.29, 1.82) is 0 Å². The molecule has 0 aliphatic carbocycles. The number of carbonyl (C=O) groups is 1. The summed E-state index contributed by atoms with van der Waals surface area (Å²) in [6, 6.07) is 17.4. The van der Waals surface area contributed by atoms with E-state index in [4.69, 9.17) is 4.74 Å². The molecule has 2 aliphatic heterocycles. The minimum absolute atomic E-state index is 0.0120. The van der Waals surface area contributed by atoms with E-state index < -0.39 is 0 Å². The third-order valence-corrected chi connectivity index (χ3v) is 3.86. The quantitative estimate of drug-likeness (QED) is 0.805. The fourth-order valence-electron chi connectivity index (χ4n) is 2.82. The summed E-state index contributed by atoms with van der Waals surface area (Å²) in [7, 11) is 0. The van der Waals surface area contributed by atoms with Crippen LogP contribution in [0.1, 0.15) is 12.0 Å². The second kappa shape index (κ2) is 4.74. The number of para-hydroxylation sites is 2. The van der Waals surface area contributed by atoms with E-state index in [-0.39, 0.29) is 11.8 Å². The molecule has 0 N–H and O–H groups in total. The Kier molecular flexibility index (Phi) is 2.74. The van der Waals surface area contributed by atoms with E-state index >= 15 is 0 Å². The van der Waals surface area contributed by atoms with Gasteiger partial charge in [-0.05, 0) is 24.3 Å². The van der Waals surface area contributed by atoms with Gasteiger partial charge in [0.1, 0.15) is 5.75 Å². The number of fused-ring (bicyclic) bond motifs is 3. The van der Waals surface area contributed by atoms with E-state index in [1.165, 1.54) is 5.01 Å². The topological polar surface area (TPSA) is 41.9 Å². The molecule has 0 spiro atoms. The Labute approximate surface area is 122 Å². The first-order chi connectivity index (χ1) is 10.3. The Morgan fingerprint density at radius 3 is 2.67 bits per heavy atom. The molecule has 0 unspecified atom stereocenters. The highest BCUT2D eigenvalue weighted by Crippen LogP contribution is 2.33. The van der Waals surface area contributed by atoms with Crippen LogP contribution in [-0.2, 0) is 4.79 Å². The van der Waals surface area contributed by atoms with Crippen LogP contribution in [0.5, 0.6) is 5.75 Å². The van der Waals surface area contributed by atoms with Gasteiger partial charge in [-0.1, -0.05) is 30.3 Å². The van der Waals surface area contributed by atoms with E-state index in [9.17, 15) is 4.79 Å². The lowest BCUT2D eigenvalue weighted by Gasteiger charge is -2.33. The largest absolute Gasteiger partial charge is 0.492 e. The average Bonchev–Trinajstić information content (AvgIpc) is 2.55. The molecule has 4 rings (SSSR count). The van der Waals surface area contributed by atoms with Crippen molar-refractivity contribution < 1.29 is 9.53 Å². The van der Waals surface area contributed by atoms with Crippen LogP contribution >= 0.6 is 0 Å². The summed E-state index contributed by atoms with van der Waals surface area (Å²) in [6.45, 7) is 0.518. The zero-order valence-electron chi connectivity index (χ0n) is 11.4. The van der Waals surface area contributed by atoms with Gasteiger partial charge in [-0.15, -0.1) is 0 Å². The van der Waals surface area contributed by atoms with Crippen molar-refractivity contribution in [2.75, 3.05) is 11.6 Å². The molecule has 4 heteroatoms. The lowest BCUT2D eigenvalue weighted by molar-refractivity contribution is -0.119. The number of carbonyl (C=O) groups excluding carboxylic acids is 1. The maximum Gasteiger partial charge on any atom is 0.248 e. The molecule has 0 fully saturated rings. The highest BCUT2D eigenvalue weighted by Gasteiger charge is 2.35. The van der Waals surface area contributed by atoms with Crippen molar-refractivity contribution in [2.24, 2.45) is 11.0 Å². The molecular weight excluding hydrogens is 264 g/mol. The third kappa shape index (κ3) is 2.00. The number of hydrogen-bond acceptors (Lipinski definition) is 3. The van der Waals surface area contributed by atoms with Gasteiger partial charge in [0.2, 0.25) is 5.91 Å². The molecule has 0 aromatic heterocycles. The summed E-state index contributed by atoms with van der Waals surface area (Å²) in [6.07, 6.45) is 0.433. The fraction of sp³-hybridized carbons (Fsp3) is 0.176. The number of nitrogens with zero attached hydrogens (tertiary/aromatic N) is 2. The van der Waals surface area contributed by atoms with Crippen molar-refractivity contribution in [3.63, 3.8) is 0 Å². The Morgan fingerprint density at radius 2 is 1.81 bits per heavy atom. The number of hydrogen-bond donors (Lipinski definition) is 0. The molecule has 4 nitrogen and oxygen atoms in total. The van der Waals surface area contributed by atoms with Crippen LogP contribution in [0.25, 0.3) is 0 Å². The lowest BCUT2D eigenvalue weighted by Crippen LogP contribution is -2.41. The van der Waals surface area contributed by atoms with Gasteiger partial charge in [0.05, 0.1) is 18.0 Å². The predicted octanol–water partition coefficient (Wildman–Crippen LogP) is 2.84. The minimum Gasteiger partial charge on any atom is -0.492 e. The maximum atomic E-state index is 12.3. The SMILES string of the molecule is O=C1C[C@@H]2COc3ccccc3C2=NN1c1ccccc1. The summed E-state index contributed by atoms with van der Waals surface area (Å²) in [5, 5.41) is 6.12. The summed E-state index contributed by atoms with van der Waals surface area (Å²) in [5.74, 6) is 0.903. The monoisotopic (exact) mass is 278 g/mol. The van der Waals surface area contributed by atoms with Crippen molar-refractivity contribution in [3.8, 4) is 5.75 Å². The summed E-state index contributed by atoms with van der Waals surface area (Å²) >= 11 is 0. The molecule has 21 heavy (non-hydrogen) atoms. The second-order valence-electron chi connectivity index (χ2n) is 5.23. The Morgan fingerprint density at radius 1 is 1.05 bits per heavy atom. The molecule has 0 saturated heterocycles. The standard InChI is InChI=1S/C17H14N2O2/c20-16-10-12-11-21-15-9-5-4-8-14(15)17(12)18-19(16)13-6-2-1-3-7-13/h1-9,12H,10-11H2/t12-/m1/s1. The van der Waals surface area contributed by atoms with Crippen LogP contribution in [0, 0.1) is 5.92 Å². The smallest absolute Gasteiger partial charge is 0.248 e. The number of benzene rings is 2. The van der Waals surface area contributed by atoms with Gasteiger partial charge in [0.25, 0.3) is 0 Å². The fourth-order valence-corrected chi connectivity index (χ4v) is 2.82. The van der Waals surface area contributed by atoms with Gasteiger partial charge in [0.15, 0.2) is 0 Å². The molecule has 104 valence electrons. The Hall–Kier alpha value is -2.62. The lowest BCUT2D eigenvalue weighted by atomic mass is 9.90. The number of amides is 1. The first-order valence-corrected chi connectivity index (χ1v) is 7.01. The zero-order chi connectivity index (χ0) is 14.2. The molecular formula is C17H14N2O2. The van der Waals surface area contributed by atoms with Gasteiger partial charge in [0, 0.05) is 17.9 Å². The Bertz CT molecular complexity index is 725. The van der Waals surface area contributed by atoms with E-state index in [2.05, 4.69) is 5.10 Å². The first-order valence-electron chi connectivity index (χ1n) is 7.01.